The number of carbonyl (C=O) groups excluding carboxylic acids is 2. The fourth-order valence-corrected chi connectivity index (χ4v) is 4.84. The number of imidazole rings is 1. The number of benzene rings is 2. The molecule has 13 nitrogen and oxygen atoms in total. The van der Waals surface area contributed by atoms with Crippen molar-refractivity contribution in [3.05, 3.63) is 70.9 Å². The third-order valence-corrected chi connectivity index (χ3v) is 6.92. The van der Waals surface area contributed by atoms with Crippen molar-refractivity contribution in [2.75, 3.05) is 24.3 Å². The van der Waals surface area contributed by atoms with Crippen LogP contribution >= 0.6 is 11.6 Å². The number of H-pyrrole nitrogens is 1. The van der Waals surface area contributed by atoms with E-state index in [0.29, 0.717) is 52.0 Å². The van der Waals surface area contributed by atoms with Gasteiger partial charge >= 0.3 is 6.09 Å². The molecular weight excluding hydrogens is 560 g/mol. The fraction of sp³-hybridized carbons (Fsp3) is 0.250. The van der Waals surface area contributed by atoms with Crippen molar-refractivity contribution in [2.24, 2.45) is 0 Å². The van der Waals surface area contributed by atoms with E-state index in [-0.39, 0.29) is 11.6 Å². The molecule has 1 unspecified atom stereocenters. The van der Waals surface area contributed by atoms with Gasteiger partial charge in [0.05, 0.1) is 24.5 Å². The first-order valence-corrected chi connectivity index (χ1v) is 13.6. The highest BCUT2D eigenvalue weighted by molar-refractivity contribution is 6.30. The van der Waals surface area contributed by atoms with Gasteiger partial charge in [-0.3, -0.25) is 10.1 Å². The lowest BCUT2D eigenvalue weighted by Crippen LogP contribution is -2.28. The van der Waals surface area contributed by atoms with Crippen molar-refractivity contribution >= 4 is 41.1 Å². The summed E-state index contributed by atoms with van der Waals surface area (Å²) in [6.45, 7) is 0.681. The Morgan fingerprint density at radius 3 is 2.88 bits per heavy atom. The van der Waals surface area contributed by atoms with Crippen LogP contribution in [0.5, 0.6) is 0 Å². The van der Waals surface area contributed by atoms with Crippen molar-refractivity contribution in [1.82, 2.24) is 35.5 Å². The van der Waals surface area contributed by atoms with E-state index in [9.17, 15) is 14.9 Å². The summed E-state index contributed by atoms with van der Waals surface area (Å²) < 4.78 is 6.18. The molecule has 0 radical (unpaired) electrons. The van der Waals surface area contributed by atoms with Crippen LogP contribution in [0.1, 0.15) is 48.8 Å². The molecule has 5 rings (SSSR count). The first kappa shape index (κ1) is 28.3. The first-order chi connectivity index (χ1) is 20.4. The molecule has 4 N–H and O–H groups in total. The molecule has 1 aliphatic rings. The van der Waals surface area contributed by atoms with Gasteiger partial charge in [0.15, 0.2) is 5.69 Å². The highest BCUT2D eigenvalue weighted by atomic mass is 35.5. The van der Waals surface area contributed by atoms with Crippen LogP contribution in [-0.2, 0) is 9.53 Å². The van der Waals surface area contributed by atoms with Gasteiger partial charge in [-0.1, -0.05) is 24.4 Å². The molecule has 2 aromatic carbocycles. The minimum atomic E-state index is -0.584. The molecule has 214 valence electrons. The maximum atomic E-state index is 13.1. The first-order valence-electron chi connectivity index (χ1n) is 13.2. The smallest absolute Gasteiger partial charge is 0.411 e. The summed E-state index contributed by atoms with van der Waals surface area (Å²) in [6.07, 6.45) is 7.16. The molecule has 0 saturated carbocycles. The number of nitrogens with one attached hydrogen (secondary N) is 4. The Kier molecular flexibility index (Phi) is 8.74. The van der Waals surface area contributed by atoms with E-state index >= 15 is 0 Å². The summed E-state index contributed by atoms with van der Waals surface area (Å²) in [7, 11) is 1.29. The number of ether oxygens (including phenoxy) is 1. The molecular formula is C28H27ClN10O3. The van der Waals surface area contributed by atoms with E-state index in [1.807, 2.05) is 0 Å². The van der Waals surface area contributed by atoms with Gasteiger partial charge in [-0.25, -0.2) is 9.78 Å². The van der Waals surface area contributed by atoms with Crippen LogP contribution in [0.4, 0.5) is 16.2 Å². The Balaban J connectivity index is 1.42. The summed E-state index contributed by atoms with van der Waals surface area (Å²) in [5.74, 6) is 0.135. The number of fused-ring (bicyclic) bond motifs is 4. The summed E-state index contributed by atoms with van der Waals surface area (Å²) in [5, 5.41) is 30.8. The number of halogens is 1. The number of hydrogen-bond donors (Lipinski definition) is 4. The zero-order chi connectivity index (χ0) is 29.5. The minimum absolute atomic E-state index is 0.195. The number of methoxy groups -OCH3 is 1. The lowest BCUT2D eigenvalue weighted by molar-refractivity contribution is -0.117. The molecule has 2 bridgehead atoms. The molecule has 0 saturated heterocycles. The second-order valence-electron chi connectivity index (χ2n) is 9.46. The van der Waals surface area contributed by atoms with E-state index in [1.54, 1.807) is 42.5 Å². The Labute approximate surface area is 245 Å². The molecule has 0 spiro atoms. The van der Waals surface area contributed by atoms with Crippen LogP contribution in [0.2, 0.25) is 5.02 Å². The quantitative estimate of drug-likeness (QED) is 0.243. The summed E-state index contributed by atoms with van der Waals surface area (Å²) >= 11 is 6.20. The SMILES string of the molecule is COC(=O)Nc1ccc2c(c1)NCCCCCC(NC(=O)C=Cc1cc(Cl)ccc1-n1cnnn1)c1nc(C#N)c-2[nH]1. The molecule has 1 aliphatic heterocycles. The Morgan fingerprint density at radius 2 is 2.10 bits per heavy atom. The van der Waals surface area contributed by atoms with E-state index in [4.69, 9.17) is 16.3 Å². The van der Waals surface area contributed by atoms with E-state index in [2.05, 4.69) is 47.5 Å². The van der Waals surface area contributed by atoms with Crippen LogP contribution in [0.3, 0.4) is 0 Å². The Bertz CT molecular complexity index is 1660. The summed E-state index contributed by atoms with van der Waals surface area (Å²) in [6, 6.07) is 12.2. The molecule has 2 amide bonds. The van der Waals surface area contributed by atoms with Gasteiger partial charge in [0.1, 0.15) is 18.2 Å². The topological polar surface area (TPSA) is 176 Å². The van der Waals surface area contributed by atoms with Crippen LogP contribution in [0.25, 0.3) is 23.0 Å². The van der Waals surface area contributed by atoms with Gasteiger partial charge in [-0.15, -0.1) is 5.10 Å². The monoisotopic (exact) mass is 586 g/mol. The predicted octanol–water partition coefficient (Wildman–Crippen LogP) is 4.61. The normalized spacial score (nSPS) is 14.9. The molecule has 0 fully saturated rings. The van der Waals surface area contributed by atoms with Crippen molar-refractivity contribution in [2.45, 2.75) is 31.7 Å². The number of rotatable bonds is 5. The number of tetrazole rings is 1. The zero-order valence-electron chi connectivity index (χ0n) is 22.6. The molecule has 1 atom stereocenters. The van der Waals surface area contributed by atoms with Gasteiger partial charge in [-0.05, 0) is 65.7 Å². The molecule has 3 heterocycles. The third-order valence-electron chi connectivity index (χ3n) is 6.68. The van der Waals surface area contributed by atoms with Crippen LogP contribution in [0, 0.1) is 11.3 Å². The van der Waals surface area contributed by atoms with Gasteiger partial charge < -0.3 is 20.4 Å². The number of hydrogen-bond acceptors (Lipinski definition) is 9. The number of amides is 2. The van der Waals surface area contributed by atoms with Gasteiger partial charge in [-0.2, -0.15) is 9.94 Å². The Morgan fingerprint density at radius 1 is 1.21 bits per heavy atom. The highest BCUT2D eigenvalue weighted by Gasteiger charge is 2.23. The molecule has 42 heavy (non-hydrogen) atoms. The number of nitrogens with zero attached hydrogens (tertiary/aromatic N) is 6. The maximum absolute atomic E-state index is 13.1. The predicted molar refractivity (Wildman–Crippen MR) is 156 cm³/mol. The standard InChI is InChI=1S/C28H27ClN10O3/c1-42-28(41)33-19-8-9-20-22(14-19)31-12-4-2-3-5-21(27-35-23(15-30)26(20)36-27)34-25(40)11-6-17-13-18(29)7-10-24(17)39-16-32-37-38-39/h6-11,13-14,16,21,31H,2-5,12H2,1H3,(H,33,41)(H,34,40)(H,35,36). The number of anilines is 2. The van der Waals surface area contributed by atoms with Crippen LogP contribution in [0.15, 0.2) is 48.8 Å². The third kappa shape index (κ3) is 6.56. The zero-order valence-corrected chi connectivity index (χ0v) is 23.4. The molecule has 4 aromatic rings. The Hall–Kier alpha value is -5.22. The number of aromatic amines is 1. The van der Waals surface area contributed by atoms with Crippen molar-refractivity contribution in [1.29, 1.82) is 5.26 Å². The second kappa shape index (κ2) is 13.0. The van der Waals surface area contributed by atoms with Crippen LogP contribution in [-0.4, -0.2) is 55.8 Å². The van der Waals surface area contributed by atoms with E-state index in [0.717, 1.165) is 24.9 Å². The summed E-state index contributed by atoms with van der Waals surface area (Å²) in [5.41, 5.74) is 3.99. The second-order valence-corrected chi connectivity index (χ2v) is 9.90. The fourth-order valence-electron chi connectivity index (χ4n) is 4.66. The molecule has 14 heteroatoms. The molecule has 2 aromatic heterocycles. The van der Waals surface area contributed by atoms with Crippen molar-refractivity contribution < 1.29 is 14.3 Å². The largest absolute Gasteiger partial charge is 0.453 e. The minimum Gasteiger partial charge on any atom is -0.453 e. The number of nitriles is 1. The van der Waals surface area contributed by atoms with Crippen molar-refractivity contribution in [3.63, 3.8) is 0 Å². The van der Waals surface area contributed by atoms with Gasteiger partial charge in [0, 0.05) is 40.1 Å². The van der Waals surface area contributed by atoms with E-state index < -0.39 is 12.1 Å². The molecule has 0 aliphatic carbocycles. The van der Waals surface area contributed by atoms with Gasteiger partial charge in [0.25, 0.3) is 0 Å². The maximum Gasteiger partial charge on any atom is 0.411 e. The van der Waals surface area contributed by atoms with E-state index in [1.165, 1.54) is 24.2 Å². The number of carbonyl (C=O) groups is 2. The van der Waals surface area contributed by atoms with Crippen LogP contribution < -0.4 is 16.0 Å². The van der Waals surface area contributed by atoms with Gasteiger partial charge in [0.2, 0.25) is 5.91 Å². The lowest BCUT2D eigenvalue weighted by atomic mass is 10.0. The number of aromatic nitrogens is 6. The highest BCUT2D eigenvalue weighted by Crippen LogP contribution is 2.34. The summed E-state index contributed by atoms with van der Waals surface area (Å²) in [4.78, 5) is 32.7. The average molecular weight is 587 g/mol. The van der Waals surface area contributed by atoms with Crippen molar-refractivity contribution in [3.8, 4) is 23.0 Å². The average Bonchev–Trinajstić information content (AvgIpc) is 3.67. The lowest BCUT2D eigenvalue weighted by Gasteiger charge is -2.18.